The maximum Gasteiger partial charge on any atom is 0.573 e. The lowest BCUT2D eigenvalue weighted by molar-refractivity contribution is -0.274. The van der Waals surface area contributed by atoms with E-state index in [4.69, 9.17) is 9.47 Å². The summed E-state index contributed by atoms with van der Waals surface area (Å²) in [5.41, 5.74) is 0.739. The van der Waals surface area contributed by atoms with Gasteiger partial charge in [-0.1, -0.05) is 6.07 Å². The SMILES string of the molecule is COc1ccc(-c2cc(C=O)ccc2OC(F)(F)F)cc1OC. The van der Waals surface area contributed by atoms with Crippen molar-refractivity contribution in [3.05, 3.63) is 42.0 Å². The van der Waals surface area contributed by atoms with Crippen LogP contribution in [0.25, 0.3) is 11.1 Å². The lowest BCUT2D eigenvalue weighted by Gasteiger charge is -2.15. The van der Waals surface area contributed by atoms with Gasteiger partial charge in [-0.25, -0.2) is 0 Å². The highest BCUT2D eigenvalue weighted by molar-refractivity contribution is 5.82. The van der Waals surface area contributed by atoms with E-state index in [-0.39, 0.29) is 11.1 Å². The second-order valence-electron chi connectivity index (χ2n) is 4.49. The van der Waals surface area contributed by atoms with Gasteiger partial charge in [-0.05, 0) is 35.9 Å². The van der Waals surface area contributed by atoms with E-state index < -0.39 is 12.1 Å². The standard InChI is InChI=1S/C16H13F3O4/c1-21-14-6-4-11(8-15(14)22-2)12-7-10(9-20)3-5-13(12)23-16(17,18)19/h3-9H,1-2H3. The van der Waals surface area contributed by atoms with Crippen molar-refractivity contribution in [1.82, 2.24) is 0 Å². The Hall–Kier alpha value is -2.70. The van der Waals surface area contributed by atoms with Gasteiger partial charge in [0.2, 0.25) is 0 Å². The van der Waals surface area contributed by atoms with E-state index in [1.807, 2.05) is 0 Å². The van der Waals surface area contributed by atoms with Crippen molar-refractivity contribution < 1.29 is 32.2 Å². The van der Waals surface area contributed by atoms with Crippen LogP contribution in [0.2, 0.25) is 0 Å². The molecule has 0 aliphatic heterocycles. The molecule has 122 valence electrons. The molecule has 0 heterocycles. The van der Waals surface area contributed by atoms with E-state index in [9.17, 15) is 18.0 Å². The summed E-state index contributed by atoms with van der Waals surface area (Å²) in [4.78, 5) is 10.9. The van der Waals surface area contributed by atoms with Crippen LogP contribution in [0.1, 0.15) is 10.4 Å². The summed E-state index contributed by atoms with van der Waals surface area (Å²) in [5.74, 6) is 0.371. The summed E-state index contributed by atoms with van der Waals surface area (Å²) in [5, 5.41) is 0. The summed E-state index contributed by atoms with van der Waals surface area (Å²) in [7, 11) is 2.86. The Morgan fingerprint density at radius 3 is 2.13 bits per heavy atom. The zero-order chi connectivity index (χ0) is 17.0. The summed E-state index contributed by atoms with van der Waals surface area (Å²) < 4.78 is 51.9. The molecule has 2 rings (SSSR count). The summed E-state index contributed by atoms with van der Waals surface area (Å²) >= 11 is 0. The normalized spacial score (nSPS) is 11.0. The molecule has 0 radical (unpaired) electrons. The first-order chi connectivity index (χ1) is 10.9. The molecule has 0 unspecified atom stereocenters. The molecule has 0 saturated heterocycles. The minimum atomic E-state index is -4.84. The number of ether oxygens (including phenoxy) is 3. The van der Waals surface area contributed by atoms with Crippen LogP contribution in [-0.4, -0.2) is 26.9 Å². The minimum Gasteiger partial charge on any atom is -0.493 e. The summed E-state index contributed by atoms with van der Waals surface area (Å²) in [6.45, 7) is 0. The molecule has 4 nitrogen and oxygen atoms in total. The molecule has 0 aliphatic rings. The maximum absolute atomic E-state index is 12.5. The molecule has 0 fully saturated rings. The van der Waals surface area contributed by atoms with E-state index in [0.29, 0.717) is 23.3 Å². The van der Waals surface area contributed by atoms with Crippen molar-refractivity contribution in [2.24, 2.45) is 0 Å². The van der Waals surface area contributed by atoms with Crippen LogP contribution in [0.5, 0.6) is 17.2 Å². The molecular weight excluding hydrogens is 313 g/mol. The molecule has 0 bridgehead atoms. The van der Waals surface area contributed by atoms with Crippen molar-refractivity contribution in [3.8, 4) is 28.4 Å². The van der Waals surface area contributed by atoms with Gasteiger partial charge in [0.25, 0.3) is 0 Å². The van der Waals surface area contributed by atoms with E-state index in [1.165, 1.54) is 32.4 Å². The molecule has 2 aromatic carbocycles. The Kier molecular flexibility index (Phi) is 4.78. The van der Waals surface area contributed by atoms with Gasteiger partial charge in [0.05, 0.1) is 14.2 Å². The number of hydrogen-bond acceptors (Lipinski definition) is 4. The van der Waals surface area contributed by atoms with Gasteiger partial charge in [-0.3, -0.25) is 4.79 Å². The number of alkyl halides is 3. The topological polar surface area (TPSA) is 44.8 Å². The first kappa shape index (κ1) is 16.7. The van der Waals surface area contributed by atoms with Crippen LogP contribution in [0.15, 0.2) is 36.4 Å². The van der Waals surface area contributed by atoms with Gasteiger partial charge < -0.3 is 14.2 Å². The van der Waals surface area contributed by atoms with Crippen LogP contribution in [0, 0.1) is 0 Å². The average Bonchev–Trinajstić information content (AvgIpc) is 2.53. The number of aldehydes is 1. The van der Waals surface area contributed by atoms with Crippen LogP contribution < -0.4 is 14.2 Å². The zero-order valence-corrected chi connectivity index (χ0v) is 12.3. The fourth-order valence-electron chi connectivity index (χ4n) is 2.06. The smallest absolute Gasteiger partial charge is 0.493 e. The predicted octanol–water partition coefficient (Wildman–Crippen LogP) is 4.08. The molecule has 2 aromatic rings. The number of hydrogen-bond donors (Lipinski definition) is 0. The third kappa shape index (κ3) is 3.94. The van der Waals surface area contributed by atoms with E-state index in [1.54, 1.807) is 12.1 Å². The quantitative estimate of drug-likeness (QED) is 0.777. The average molecular weight is 326 g/mol. The van der Waals surface area contributed by atoms with Gasteiger partial charge in [0.15, 0.2) is 11.5 Å². The Balaban J connectivity index is 2.58. The maximum atomic E-state index is 12.5. The van der Waals surface area contributed by atoms with E-state index in [2.05, 4.69) is 4.74 Å². The van der Waals surface area contributed by atoms with Gasteiger partial charge in [0.1, 0.15) is 12.0 Å². The number of carbonyl (C=O) groups excluding carboxylic acids is 1. The second kappa shape index (κ2) is 6.60. The fourth-order valence-corrected chi connectivity index (χ4v) is 2.06. The van der Waals surface area contributed by atoms with E-state index >= 15 is 0 Å². The van der Waals surface area contributed by atoms with Gasteiger partial charge in [0, 0.05) is 11.1 Å². The Bertz CT molecular complexity index is 711. The zero-order valence-electron chi connectivity index (χ0n) is 12.3. The Morgan fingerprint density at radius 1 is 0.913 bits per heavy atom. The fraction of sp³-hybridized carbons (Fsp3) is 0.188. The van der Waals surface area contributed by atoms with Crippen LogP contribution in [-0.2, 0) is 0 Å². The number of halogens is 3. The number of carbonyl (C=O) groups is 1. The summed E-state index contributed by atoms with van der Waals surface area (Å²) in [6, 6.07) is 8.27. The highest BCUT2D eigenvalue weighted by Gasteiger charge is 2.32. The molecule has 0 aliphatic carbocycles. The van der Waals surface area contributed by atoms with Crippen molar-refractivity contribution >= 4 is 6.29 Å². The molecule has 23 heavy (non-hydrogen) atoms. The minimum absolute atomic E-state index is 0.118. The van der Waals surface area contributed by atoms with Crippen LogP contribution in [0.3, 0.4) is 0 Å². The van der Waals surface area contributed by atoms with Crippen LogP contribution in [0.4, 0.5) is 13.2 Å². The van der Waals surface area contributed by atoms with Crippen molar-refractivity contribution in [2.45, 2.75) is 6.36 Å². The molecule has 0 saturated carbocycles. The van der Waals surface area contributed by atoms with Gasteiger partial charge in [-0.15, -0.1) is 13.2 Å². The van der Waals surface area contributed by atoms with Crippen molar-refractivity contribution in [1.29, 1.82) is 0 Å². The number of rotatable bonds is 5. The molecule has 0 spiro atoms. The van der Waals surface area contributed by atoms with Gasteiger partial charge in [-0.2, -0.15) is 0 Å². The highest BCUT2D eigenvalue weighted by atomic mass is 19.4. The van der Waals surface area contributed by atoms with Crippen LogP contribution >= 0.6 is 0 Å². The third-order valence-electron chi connectivity index (χ3n) is 3.06. The molecule has 0 N–H and O–H groups in total. The molecule has 0 atom stereocenters. The Morgan fingerprint density at radius 2 is 1.57 bits per heavy atom. The Labute approximate surface area is 130 Å². The lowest BCUT2D eigenvalue weighted by Crippen LogP contribution is -2.17. The monoisotopic (exact) mass is 326 g/mol. The van der Waals surface area contributed by atoms with Crippen molar-refractivity contribution in [2.75, 3.05) is 14.2 Å². The molecular formula is C16H13F3O4. The highest BCUT2D eigenvalue weighted by Crippen LogP contribution is 2.38. The number of benzene rings is 2. The lowest BCUT2D eigenvalue weighted by atomic mass is 10.0. The molecule has 7 heteroatoms. The van der Waals surface area contributed by atoms with Gasteiger partial charge >= 0.3 is 6.36 Å². The van der Waals surface area contributed by atoms with Crippen molar-refractivity contribution in [3.63, 3.8) is 0 Å². The predicted molar refractivity (Wildman–Crippen MR) is 77.1 cm³/mol. The third-order valence-corrected chi connectivity index (χ3v) is 3.06. The first-order valence-electron chi connectivity index (χ1n) is 6.45. The summed E-state index contributed by atoms with van der Waals surface area (Å²) in [6.07, 6.45) is -4.30. The largest absolute Gasteiger partial charge is 0.573 e. The molecule has 0 aromatic heterocycles. The first-order valence-corrected chi connectivity index (χ1v) is 6.45. The number of methoxy groups -OCH3 is 2. The molecule has 0 amide bonds. The second-order valence-corrected chi connectivity index (χ2v) is 4.49. The van der Waals surface area contributed by atoms with E-state index in [0.717, 1.165) is 6.07 Å².